The minimum absolute atomic E-state index is 0.0795. The molecular weight excluding hydrogens is 388 g/mol. The van der Waals surface area contributed by atoms with Gasteiger partial charge in [0.05, 0.1) is 0 Å². The topological polar surface area (TPSA) is 70.7 Å². The van der Waals surface area contributed by atoms with Crippen LogP contribution in [0.5, 0.6) is 0 Å². The molecule has 3 aromatic heterocycles. The van der Waals surface area contributed by atoms with Gasteiger partial charge in [-0.3, -0.25) is 4.79 Å². The van der Waals surface area contributed by atoms with Gasteiger partial charge in [0.1, 0.15) is 16.2 Å². The van der Waals surface area contributed by atoms with Gasteiger partial charge in [0, 0.05) is 46.1 Å². The van der Waals surface area contributed by atoms with Crippen LogP contribution in [-0.2, 0) is 11.2 Å². The highest BCUT2D eigenvalue weighted by molar-refractivity contribution is 7.99. The molecule has 0 aliphatic rings. The van der Waals surface area contributed by atoms with Gasteiger partial charge < -0.3 is 10.3 Å². The van der Waals surface area contributed by atoms with Crippen molar-refractivity contribution in [2.24, 2.45) is 0 Å². The lowest BCUT2D eigenvalue weighted by molar-refractivity contribution is -0.120. The lowest BCUT2D eigenvalue weighted by Crippen LogP contribution is -2.25. The van der Waals surface area contributed by atoms with Crippen molar-refractivity contribution in [3.05, 3.63) is 52.8 Å². The third-order valence-electron chi connectivity index (χ3n) is 4.89. The smallest absolute Gasteiger partial charge is 0.220 e. The summed E-state index contributed by atoms with van der Waals surface area (Å²) in [5.41, 5.74) is 3.61. The fourth-order valence-corrected chi connectivity index (χ4v) is 5.32. The summed E-state index contributed by atoms with van der Waals surface area (Å²) in [6.07, 6.45) is 4.94. The number of carbonyl (C=O) groups is 1. The van der Waals surface area contributed by atoms with Gasteiger partial charge in [-0.25, -0.2) is 9.97 Å². The molecule has 0 bridgehead atoms. The lowest BCUT2D eigenvalue weighted by Gasteiger charge is -2.06. The Morgan fingerprint density at radius 1 is 1.25 bits per heavy atom. The molecule has 0 aliphatic carbocycles. The Kier molecular flexibility index (Phi) is 5.64. The van der Waals surface area contributed by atoms with Gasteiger partial charge >= 0.3 is 0 Å². The van der Waals surface area contributed by atoms with Gasteiger partial charge in [-0.2, -0.15) is 0 Å². The second-order valence-electron chi connectivity index (χ2n) is 6.70. The SMILES string of the molecule is Cc1sc2ncnc(SCCC(=O)NCCc3c[nH]c4ccccc34)c2c1C. The number of amides is 1. The summed E-state index contributed by atoms with van der Waals surface area (Å²) in [7, 11) is 0. The number of fused-ring (bicyclic) bond motifs is 2. The fraction of sp³-hybridized carbons (Fsp3) is 0.286. The van der Waals surface area contributed by atoms with Gasteiger partial charge in [0.2, 0.25) is 5.91 Å². The standard InChI is InChI=1S/C21H22N4OS2/c1-13-14(2)28-21-19(13)20(24-12-25-21)27-10-8-18(26)22-9-7-15-11-23-17-6-4-3-5-16(15)17/h3-6,11-12,23H,7-10H2,1-2H3,(H,22,26). The molecular formula is C21H22N4OS2. The predicted molar refractivity (Wildman–Crippen MR) is 117 cm³/mol. The van der Waals surface area contributed by atoms with Crippen LogP contribution in [0, 0.1) is 13.8 Å². The number of hydrogen-bond donors (Lipinski definition) is 2. The first-order chi connectivity index (χ1) is 13.6. The third-order valence-corrected chi connectivity index (χ3v) is 7.00. The van der Waals surface area contributed by atoms with E-state index in [0.29, 0.717) is 18.7 Å². The van der Waals surface area contributed by atoms with Gasteiger partial charge in [0.15, 0.2) is 0 Å². The first kappa shape index (κ1) is 19.0. The van der Waals surface area contributed by atoms with E-state index >= 15 is 0 Å². The van der Waals surface area contributed by atoms with E-state index in [2.05, 4.69) is 46.2 Å². The number of aryl methyl sites for hydroxylation is 2. The minimum Gasteiger partial charge on any atom is -0.361 e. The van der Waals surface area contributed by atoms with Crippen molar-refractivity contribution < 1.29 is 4.79 Å². The van der Waals surface area contributed by atoms with Crippen LogP contribution >= 0.6 is 23.1 Å². The van der Waals surface area contributed by atoms with E-state index < -0.39 is 0 Å². The summed E-state index contributed by atoms with van der Waals surface area (Å²) in [4.78, 5) is 26.6. The Balaban J connectivity index is 1.27. The van der Waals surface area contributed by atoms with E-state index in [9.17, 15) is 4.79 Å². The number of para-hydroxylation sites is 1. The number of thioether (sulfide) groups is 1. The highest BCUT2D eigenvalue weighted by Crippen LogP contribution is 2.34. The van der Waals surface area contributed by atoms with Crippen LogP contribution in [0.2, 0.25) is 0 Å². The normalized spacial score (nSPS) is 11.4. The molecule has 0 atom stereocenters. The predicted octanol–water partition coefficient (Wildman–Crippen LogP) is 4.63. The number of rotatable bonds is 7. The number of nitrogens with zero attached hydrogens (tertiary/aromatic N) is 2. The average Bonchev–Trinajstić information content (AvgIpc) is 3.23. The second kappa shape index (κ2) is 8.32. The monoisotopic (exact) mass is 410 g/mol. The van der Waals surface area contributed by atoms with Crippen LogP contribution < -0.4 is 5.32 Å². The summed E-state index contributed by atoms with van der Waals surface area (Å²) in [5, 5.41) is 6.36. The number of aromatic amines is 1. The Hall–Kier alpha value is -2.38. The van der Waals surface area contributed by atoms with Gasteiger partial charge in [-0.15, -0.1) is 23.1 Å². The van der Waals surface area contributed by atoms with Crippen molar-refractivity contribution in [3.8, 4) is 0 Å². The summed E-state index contributed by atoms with van der Waals surface area (Å²) >= 11 is 3.33. The minimum atomic E-state index is 0.0795. The Morgan fingerprint density at radius 3 is 3.00 bits per heavy atom. The second-order valence-corrected chi connectivity index (χ2v) is 8.99. The zero-order chi connectivity index (χ0) is 19.5. The molecule has 4 rings (SSSR count). The first-order valence-electron chi connectivity index (χ1n) is 9.28. The van der Waals surface area contributed by atoms with Gasteiger partial charge in [-0.1, -0.05) is 18.2 Å². The molecule has 0 radical (unpaired) electrons. The molecule has 0 saturated heterocycles. The molecule has 0 spiro atoms. The molecule has 3 heterocycles. The number of carbonyl (C=O) groups excluding carboxylic acids is 1. The molecule has 28 heavy (non-hydrogen) atoms. The first-order valence-corrected chi connectivity index (χ1v) is 11.1. The summed E-state index contributed by atoms with van der Waals surface area (Å²) in [6, 6.07) is 8.23. The summed E-state index contributed by atoms with van der Waals surface area (Å²) in [6.45, 7) is 4.86. The number of benzene rings is 1. The maximum atomic E-state index is 12.2. The Morgan fingerprint density at radius 2 is 2.11 bits per heavy atom. The van der Waals surface area contributed by atoms with E-state index in [1.807, 2.05) is 18.3 Å². The largest absolute Gasteiger partial charge is 0.361 e. The van der Waals surface area contributed by atoms with Crippen molar-refractivity contribution in [2.45, 2.75) is 31.7 Å². The quantitative estimate of drug-likeness (QED) is 0.344. The summed E-state index contributed by atoms with van der Waals surface area (Å²) < 4.78 is 0. The van der Waals surface area contributed by atoms with E-state index in [1.54, 1.807) is 29.4 Å². The van der Waals surface area contributed by atoms with Crippen LogP contribution in [0.1, 0.15) is 22.4 Å². The molecule has 1 aromatic carbocycles. The van der Waals surface area contributed by atoms with Crippen molar-refractivity contribution in [1.29, 1.82) is 0 Å². The molecule has 5 nitrogen and oxygen atoms in total. The van der Waals surface area contributed by atoms with Crippen LogP contribution in [0.3, 0.4) is 0 Å². The molecule has 2 N–H and O–H groups in total. The van der Waals surface area contributed by atoms with Crippen LogP contribution in [0.25, 0.3) is 21.1 Å². The fourth-order valence-electron chi connectivity index (χ4n) is 3.26. The average molecular weight is 411 g/mol. The maximum absolute atomic E-state index is 12.2. The summed E-state index contributed by atoms with van der Waals surface area (Å²) in [5.74, 6) is 0.787. The van der Waals surface area contributed by atoms with E-state index in [1.165, 1.54) is 21.4 Å². The Bertz CT molecular complexity index is 1130. The van der Waals surface area contributed by atoms with Gasteiger partial charge in [-0.05, 0) is 37.5 Å². The number of hydrogen-bond acceptors (Lipinski definition) is 5. The lowest BCUT2D eigenvalue weighted by atomic mass is 10.1. The Labute approximate surface area is 172 Å². The third kappa shape index (κ3) is 3.91. The zero-order valence-corrected chi connectivity index (χ0v) is 17.5. The van der Waals surface area contributed by atoms with Crippen LogP contribution in [-0.4, -0.2) is 33.2 Å². The zero-order valence-electron chi connectivity index (χ0n) is 15.9. The van der Waals surface area contributed by atoms with Crippen LogP contribution in [0.4, 0.5) is 0 Å². The molecule has 4 aromatic rings. The molecule has 1 amide bonds. The molecule has 7 heteroatoms. The van der Waals surface area contributed by atoms with Crippen LogP contribution in [0.15, 0.2) is 41.8 Å². The molecule has 144 valence electrons. The molecule has 0 aliphatic heterocycles. The van der Waals surface area contributed by atoms with Gasteiger partial charge in [0.25, 0.3) is 0 Å². The van der Waals surface area contributed by atoms with Crippen molar-refractivity contribution in [1.82, 2.24) is 20.3 Å². The van der Waals surface area contributed by atoms with E-state index in [0.717, 1.165) is 27.2 Å². The maximum Gasteiger partial charge on any atom is 0.220 e. The highest BCUT2D eigenvalue weighted by Gasteiger charge is 2.13. The van der Waals surface area contributed by atoms with E-state index in [-0.39, 0.29) is 5.91 Å². The van der Waals surface area contributed by atoms with Crippen molar-refractivity contribution >= 4 is 50.1 Å². The molecule has 0 saturated carbocycles. The molecule has 0 unspecified atom stereocenters. The van der Waals surface area contributed by atoms with Crippen molar-refractivity contribution in [2.75, 3.05) is 12.3 Å². The number of thiophene rings is 1. The highest BCUT2D eigenvalue weighted by atomic mass is 32.2. The molecule has 0 fully saturated rings. The number of nitrogens with one attached hydrogen (secondary N) is 2. The number of H-pyrrole nitrogens is 1. The number of aromatic nitrogens is 3. The van der Waals surface area contributed by atoms with Crippen molar-refractivity contribution in [3.63, 3.8) is 0 Å². The van der Waals surface area contributed by atoms with E-state index in [4.69, 9.17) is 0 Å².